The van der Waals surface area contributed by atoms with Crippen LogP contribution >= 0.6 is 0 Å². The molecular formula is C8H15N3O2. The molecule has 74 valence electrons. The Morgan fingerprint density at radius 3 is 3.00 bits per heavy atom. The van der Waals surface area contributed by atoms with Crippen LogP contribution in [-0.2, 0) is 13.6 Å². The van der Waals surface area contributed by atoms with Crippen molar-refractivity contribution < 1.29 is 10.2 Å². The van der Waals surface area contributed by atoms with Gasteiger partial charge in [-0.1, -0.05) is 0 Å². The number of nitrogens with one attached hydrogen (secondary N) is 1. The van der Waals surface area contributed by atoms with E-state index in [-0.39, 0.29) is 6.61 Å². The zero-order valence-corrected chi connectivity index (χ0v) is 7.64. The monoisotopic (exact) mass is 185 g/mol. The van der Waals surface area contributed by atoms with Gasteiger partial charge in [0.15, 0.2) is 0 Å². The van der Waals surface area contributed by atoms with Gasteiger partial charge >= 0.3 is 0 Å². The predicted octanol–water partition coefficient (Wildman–Crippen LogP) is -1.14. The zero-order valence-electron chi connectivity index (χ0n) is 7.64. The largest absolute Gasteiger partial charge is 0.394 e. The van der Waals surface area contributed by atoms with Gasteiger partial charge in [-0.25, -0.2) is 0 Å². The van der Waals surface area contributed by atoms with Gasteiger partial charge < -0.3 is 15.5 Å². The molecule has 1 heterocycles. The number of hydrogen-bond donors (Lipinski definition) is 3. The smallest absolute Gasteiger partial charge is 0.0895 e. The quantitative estimate of drug-likeness (QED) is 0.542. The third kappa shape index (κ3) is 3.54. The van der Waals surface area contributed by atoms with E-state index >= 15 is 0 Å². The second kappa shape index (κ2) is 4.96. The van der Waals surface area contributed by atoms with Crippen LogP contribution in [0.5, 0.6) is 0 Å². The minimum absolute atomic E-state index is 0.213. The maximum atomic E-state index is 9.00. The molecule has 1 aromatic heterocycles. The van der Waals surface area contributed by atoms with Gasteiger partial charge in [-0.2, -0.15) is 5.10 Å². The highest BCUT2D eigenvalue weighted by Crippen LogP contribution is 1.92. The second-order valence-electron chi connectivity index (χ2n) is 2.95. The predicted molar refractivity (Wildman–Crippen MR) is 48.0 cm³/mol. The molecule has 0 aliphatic rings. The van der Waals surface area contributed by atoms with Crippen molar-refractivity contribution in [2.24, 2.45) is 7.05 Å². The first-order chi connectivity index (χ1) is 6.22. The maximum absolute atomic E-state index is 9.00. The third-order valence-corrected chi connectivity index (χ3v) is 1.67. The lowest BCUT2D eigenvalue weighted by atomic mass is 10.3. The van der Waals surface area contributed by atoms with Crippen molar-refractivity contribution in [3.05, 3.63) is 18.0 Å². The summed E-state index contributed by atoms with van der Waals surface area (Å²) >= 11 is 0. The number of aryl methyl sites for hydroxylation is 1. The van der Waals surface area contributed by atoms with Crippen molar-refractivity contribution in [3.63, 3.8) is 0 Å². The fourth-order valence-electron chi connectivity index (χ4n) is 0.989. The molecule has 1 atom stereocenters. The first-order valence-electron chi connectivity index (χ1n) is 4.20. The van der Waals surface area contributed by atoms with Gasteiger partial charge in [-0.15, -0.1) is 0 Å². The maximum Gasteiger partial charge on any atom is 0.0895 e. The highest BCUT2D eigenvalue weighted by Gasteiger charge is 2.01. The minimum Gasteiger partial charge on any atom is -0.394 e. The Morgan fingerprint density at radius 2 is 2.46 bits per heavy atom. The summed E-state index contributed by atoms with van der Waals surface area (Å²) in [6, 6.07) is 1.90. The normalized spacial score (nSPS) is 13.2. The van der Waals surface area contributed by atoms with Crippen molar-refractivity contribution in [1.82, 2.24) is 15.1 Å². The van der Waals surface area contributed by atoms with E-state index in [1.807, 2.05) is 19.3 Å². The van der Waals surface area contributed by atoms with Crippen LogP contribution < -0.4 is 5.32 Å². The fourth-order valence-corrected chi connectivity index (χ4v) is 0.989. The molecular weight excluding hydrogens is 170 g/mol. The Bertz CT molecular complexity index is 249. The van der Waals surface area contributed by atoms with E-state index in [9.17, 15) is 0 Å². The van der Waals surface area contributed by atoms with Crippen LogP contribution in [0, 0.1) is 0 Å². The lowest BCUT2D eigenvalue weighted by Crippen LogP contribution is -2.29. The van der Waals surface area contributed by atoms with Gasteiger partial charge in [0.05, 0.1) is 18.4 Å². The molecule has 0 spiro atoms. The van der Waals surface area contributed by atoms with Gasteiger partial charge in [0.2, 0.25) is 0 Å². The van der Waals surface area contributed by atoms with Crippen LogP contribution in [0.3, 0.4) is 0 Å². The lowest BCUT2D eigenvalue weighted by molar-refractivity contribution is 0.0941. The molecule has 3 N–H and O–H groups in total. The van der Waals surface area contributed by atoms with Crippen molar-refractivity contribution in [1.29, 1.82) is 0 Å². The summed E-state index contributed by atoms with van der Waals surface area (Å²) in [5.41, 5.74) is 0.924. The molecule has 0 aliphatic carbocycles. The van der Waals surface area contributed by atoms with Gasteiger partial charge in [-0.3, -0.25) is 4.68 Å². The molecule has 0 saturated heterocycles. The van der Waals surface area contributed by atoms with Crippen LogP contribution in [0.2, 0.25) is 0 Å². The molecule has 0 aromatic carbocycles. The highest BCUT2D eigenvalue weighted by molar-refractivity contribution is 4.97. The highest BCUT2D eigenvalue weighted by atomic mass is 16.3. The summed E-state index contributed by atoms with van der Waals surface area (Å²) in [7, 11) is 1.85. The first-order valence-corrected chi connectivity index (χ1v) is 4.20. The van der Waals surface area contributed by atoms with E-state index in [2.05, 4.69) is 10.4 Å². The van der Waals surface area contributed by atoms with Crippen LogP contribution in [0.15, 0.2) is 12.3 Å². The van der Waals surface area contributed by atoms with Crippen LogP contribution in [0.25, 0.3) is 0 Å². The SMILES string of the molecule is Cn1ccc(CNC[C@H](O)CO)n1. The summed E-state index contributed by atoms with van der Waals surface area (Å²) < 4.78 is 1.72. The molecule has 0 amide bonds. The first kappa shape index (κ1) is 10.2. The number of aliphatic hydroxyl groups excluding tert-OH is 2. The van der Waals surface area contributed by atoms with Gasteiger partial charge in [0.1, 0.15) is 0 Å². The Balaban J connectivity index is 2.20. The van der Waals surface area contributed by atoms with Gasteiger partial charge in [0, 0.05) is 26.3 Å². The molecule has 0 radical (unpaired) electrons. The van der Waals surface area contributed by atoms with E-state index < -0.39 is 6.10 Å². The molecule has 13 heavy (non-hydrogen) atoms. The van der Waals surface area contributed by atoms with E-state index in [1.165, 1.54) is 0 Å². The van der Waals surface area contributed by atoms with Crippen LogP contribution in [0.1, 0.15) is 5.69 Å². The van der Waals surface area contributed by atoms with Crippen molar-refractivity contribution in [3.8, 4) is 0 Å². The van der Waals surface area contributed by atoms with E-state index in [1.54, 1.807) is 4.68 Å². The van der Waals surface area contributed by atoms with Crippen molar-refractivity contribution >= 4 is 0 Å². The average Bonchev–Trinajstić information content (AvgIpc) is 2.51. The number of nitrogens with zero attached hydrogens (tertiary/aromatic N) is 2. The number of aromatic nitrogens is 2. The summed E-state index contributed by atoms with van der Waals surface area (Å²) in [5, 5.41) is 24.7. The molecule has 1 rings (SSSR count). The fraction of sp³-hybridized carbons (Fsp3) is 0.625. The topological polar surface area (TPSA) is 70.3 Å². The minimum atomic E-state index is -0.691. The van der Waals surface area contributed by atoms with Crippen molar-refractivity contribution in [2.75, 3.05) is 13.2 Å². The number of rotatable bonds is 5. The average molecular weight is 185 g/mol. The summed E-state index contributed by atoms with van der Waals surface area (Å²) in [4.78, 5) is 0. The Morgan fingerprint density at radius 1 is 1.69 bits per heavy atom. The zero-order chi connectivity index (χ0) is 9.68. The van der Waals surface area contributed by atoms with E-state index in [0.29, 0.717) is 13.1 Å². The molecule has 0 unspecified atom stereocenters. The molecule has 0 fully saturated rings. The Labute approximate surface area is 77.0 Å². The lowest BCUT2D eigenvalue weighted by Gasteiger charge is -2.06. The standard InChI is InChI=1S/C8H15N3O2/c1-11-3-2-7(10-11)4-9-5-8(13)6-12/h2-3,8-9,12-13H,4-6H2,1H3/t8-/m0/s1. The number of hydrogen-bond acceptors (Lipinski definition) is 4. The van der Waals surface area contributed by atoms with E-state index in [0.717, 1.165) is 5.69 Å². The summed E-state index contributed by atoms with van der Waals surface area (Å²) in [6.07, 6.45) is 1.17. The summed E-state index contributed by atoms with van der Waals surface area (Å²) in [6.45, 7) is 0.778. The van der Waals surface area contributed by atoms with Crippen molar-refractivity contribution in [2.45, 2.75) is 12.6 Å². The Hall–Kier alpha value is -0.910. The van der Waals surface area contributed by atoms with Crippen LogP contribution in [0.4, 0.5) is 0 Å². The molecule has 5 nitrogen and oxygen atoms in total. The molecule has 1 aromatic rings. The van der Waals surface area contributed by atoms with E-state index in [4.69, 9.17) is 10.2 Å². The second-order valence-corrected chi connectivity index (χ2v) is 2.95. The Kier molecular flexibility index (Phi) is 3.88. The number of aliphatic hydroxyl groups is 2. The molecule has 0 saturated carbocycles. The van der Waals surface area contributed by atoms with Gasteiger partial charge in [0.25, 0.3) is 0 Å². The van der Waals surface area contributed by atoms with Gasteiger partial charge in [-0.05, 0) is 6.07 Å². The molecule has 0 bridgehead atoms. The summed E-state index contributed by atoms with van der Waals surface area (Å²) in [5.74, 6) is 0. The van der Waals surface area contributed by atoms with Crippen LogP contribution in [-0.4, -0.2) is 39.2 Å². The third-order valence-electron chi connectivity index (χ3n) is 1.67. The molecule has 5 heteroatoms. The molecule has 0 aliphatic heterocycles.